The van der Waals surface area contributed by atoms with Crippen LogP contribution in [0, 0.1) is 23.7 Å². The Morgan fingerprint density at radius 1 is 1.09 bits per heavy atom. The predicted molar refractivity (Wildman–Crippen MR) is 156 cm³/mol. The first-order valence-electron chi connectivity index (χ1n) is 15.0. The average Bonchev–Trinajstić information content (AvgIpc) is 2.97. The van der Waals surface area contributed by atoms with E-state index in [4.69, 9.17) is 10.6 Å². The Morgan fingerprint density at radius 3 is 2.41 bits per heavy atom. The van der Waals surface area contributed by atoms with Crippen LogP contribution in [-0.4, -0.2) is 87.1 Å². The summed E-state index contributed by atoms with van der Waals surface area (Å²) in [5.41, 5.74) is 4.65. The highest BCUT2D eigenvalue weighted by Crippen LogP contribution is 2.53. The number of primary amides is 1. The first-order chi connectivity index (χ1) is 20.8. The molecule has 4 saturated carbocycles. The van der Waals surface area contributed by atoms with Crippen molar-refractivity contribution < 1.29 is 44.4 Å². The zero-order chi connectivity index (χ0) is 31.7. The van der Waals surface area contributed by atoms with Crippen molar-refractivity contribution >= 4 is 34.8 Å². The van der Waals surface area contributed by atoms with Crippen LogP contribution in [0.1, 0.15) is 49.7 Å². The molecule has 5 atom stereocenters. The highest BCUT2D eigenvalue weighted by atomic mass is 16.7. The normalized spacial score (nSPS) is 32.8. The van der Waals surface area contributed by atoms with Crippen LogP contribution in [0.5, 0.6) is 5.75 Å². The molecule has 0 aromatic heterocycles. The lowest BCUT2D eigenvalue weighted by Gasteiger charge is -2.50. The number of nitrogens with one attached hydrogen (secondary N) is 2. The quantitative estimate of drug-likeness (QED) is 0.131. The van der Waals surface area contributed by atoms with E-state index < -0.39 is 69.7 Å². The number of nitrogens with two attached hydrogens (primary N) is 1. The van der Waals surface area contributed by atoms with Gasteiger partial charge in [-0.1, -0.05) is 6.07 Å². The summed E-state index contributed by atoms with van der Waals surface area (Å²) in [6.45, 7) is -0.175. The van der Waals surface area contributed by atoms with Gasteiger partial charge in [-0.05, 0) is 88.4 Å². The number of amides is 2. The molecule has 13 heteroatoms. The molecule has 6 aliphatic rings. The fraction of sp³-hybridized carbons (Fsp3) is 0.548. The number of ketones is 2. The van der Waals surface area contributed by atoms with Gasteiger partial charge in [-0.15, -0.1) is 0 Å². The van der Waals surface area contributed by atoms with Gasteiger partial charge in [0.05, 0.1) is 23.4 Å². The van der Waals surface area contributed by atoms with Gasteiger partial charge in [0.2, 0.25) is 11.7 Å². The van der Waals surface area contributed by atoms with Gasteiger partial charge in [-0.2, -0.15) is 5.48 Å². The van der Waals surface area contributed by atoms with Crippen molar-refractivity contribution in [2.45, 2.75) is 62.7 Å². The molecule has 7 rings (SSSR count). The second-order valence-electron chi connectivity index (χ2n) is 13.0. The minimum absolute atomic E-state index is 0.000716. The molecule has 3 unspecified atom stereocenters. The number of benzene rings is 1. The first kappa shape index (κ1) is 30.3. The Labute approximate surface area is 253 Å². The maximum absolute atomic E-state index is 13.9. The van der Waals surface area contributed by atoms with E-state index in [1.54, 1.807) is 20.2 Å². The molecule has 4 fully saturated rings. The molecule has 8 N–H and O–H groups in total. The van der Waals surface area contributed by atoms with Gasteiger partial charge in [0.25, 0.3) is 5.91 Å². The number of aliphatic hydroxyl groups is 3. The van der Waals surface area contributed by atoms with Gasteiger partial charge < -0.3 is 31.5 Å². The number of hydrogen-bond donors (Lipinski definition) is 7. The Bertz CT molecular complexity index is 1510. The van der Waals surface area contributed by atoms with Crippen molar-refractivity contribution in [2.24, 2.45) is 29.4 Å². The number of hydroxylamine groups is 1. The summed E-state index contributed by atoms with van der Waals surface area (Å²) in [5.74, 6) is -6.60. The molecule has 2 amide bonds. The van der Waals surface area contributed by atoms with Crippen molar-refractivity contribution in [2.75, 3.05) is 26.0 Å². The third-order valence-electron chi connectivity index (χ3n) is 10.3. The topological polar surface area (TPSA) is 212 Å². The van der Waals surface area contributed by atoms with E-state index in [9.17, 15) is 39.6 Å². The predicted octanol–water partition coefficient (Wildman–Crippen LogP) is 1.00. The summed E-state index contributed by atoms with van der Waals surface area (Å²) < 4.78 is 0. The Hall–Kier alpha value is -3.78. The first-order valence-corrected chi connectivity index (χ1v) is 15.0. The van der Waals surface area contributed by atoms with E-state index in [1.807, 2.05) is 0 Å². The number of phenolic OH excluding ortho intramolecular Hbond substituents is 1. The third kappa shape index (κ3) is 4.61. The van der Waals surface area contributed by atoms with Crippen LogP contribution in [0.2, 0.25) is 0 Å². The van der Waals surface area contributed by atoms with Crippen LogP contribution in [-0.2, 0) is 30.4 Å². The van der Waals surface area contributed by atoms with Crippen LogP contribution in [0.4, 0.5) is 5.69 Å². The molecule has 0 heterocycles. The average molecular weight is 611 g/mol. The number of aliphatic hydroxyl groups excluding tert-OH is 2. The lowest BCUT2D eigenvalue weighted by Crippen LogP contribution is -2.65. The highest BCUT2D eigenvalue weighted by Gasteiger charge is 2.64. The number of fused-ring (bicyclic) bond motifs is 6. The fourth-order valence-electron chi connectivity index (χ4n) is 8.19. The van der Waals surface area contributed by atoms with Gasteiger partial charge in [0.1, 0.15) is 29.4 Å². The molecule has 236 valence electrons. The summed E-state index contributed by atoms with van der Waals surface area (Å²) in [6, 6.07) is 1.96. The van der Waals surface area contributed by atoms with E-state index in [2.05, 4.69) is 10.8 Å². The zero-order valence-electron chi connectivity index (χ0n) is 24.6. The molecular weight excluding hydrogens is 572 g/mol. The molecule has 0 saturated heterocycles. The number of nitrogens with zero attached hydrogens (tertiary/aromatic N) is 1. The summed E-state index contributed by atoms with van der Waals surface area (Å²) in [6.07, 6.45) is 5.90. The SMILES string of the molecule is CN(C)[C@@H]1C(=O)C(C(N)=O)=C(O)[C@@]2(O)C(=O)C3=C(O)c4c(ccc(NC(=O)CNOC5CC6CCC5CC6)c4O)CC3CC12. The van der Waals surface area contributed by atoms with Crippen LogP contribution in [0.25, 0.3) is 5.76 Å². The smallest absolute Gasteiger partial charge is 0.255 e. The molecule has 13 nitrogen and oxygen atoms in total. The van der Waals surface area contributed by atoms with Crippen molar-refractivity contribution in [3.63, 3.8) is 0 Å². The van der Waals surface area contributed by atoms with E-state index in [0.717, 1.165) is 19.3 Å². The number of hydrogen-bond acceptors (Lipinski definition) is 11. The minimum Gasteiger partial charge on any atom is -0.508 e. The number of carbonyl (C=O) groups is 4. The molecule has 2 bridgehead atoms. The second kappa shape index (κ2) is 11.0. The van der Waals surface area contributed by atoms with E-state index in [0.29, 0.717) is 17.4 Å². The molecule has 44 heavy (non-hydrogen) atoms. The van der Waals surface area contributed by atoms with E-state index in [-0.39, 0.29) is 42.3 Å². The number of phenols is 1. The van der Waals surface area contributed by atoms with Gasteiger partial charge in [0, 0.05) is 11.5 Å². The lowest BCUT2D eigenvalue weighted by atomic mass is 9.57. The van der Waals surface area contributed by atoms with Gasteiger partial charge >= 0.3 is 0 Å². The molecule has 1 aromatic rings. The largest absolute Gasteiger partial charge is 0.508 e. The van der Waals surface area contributed by atoms with Gasteiger partial charge in [-0.25, -0.2) is 0 Å². The molecular formula is C31H38N4O9. The number of anilines is 1. The standard InChI is InChI=1S/C31H38N4O9/c1-35(2)24-17-11-16-10-15-7-8-18(34-20(36)12-33-44-19-9-13-3-5-14(19)6-4-13)25(37)21(15)26(38)22(16)28(40)31(17,43)29(41)23(27(24)39)30(32)42/h7-8,13-14,16-17,19,24,33,37-38,41,43H,3-6,9-12H2,1-2H3,(H2,32,42)(H,34,36)/t13?,14?,16?,17?,19?,24-,31-/m0/s1. The van der Waals surface area contributed by atoms with Crippen LogP contribution >= 0.6 is 0 Å². The maximum Gasteiger partial charge on any atom is 0.255 e. The van der Waals surface area contributed by atoms with Gasteiger partial charge in [-0.3, -0.25) is 28.9 Å². The van der Waals surface area contributed by atoms with Crippen molar-refractivity contribution in [1.82, 2.24) is 10.4 Å². The number of carbonyl (C=O) groups excluding carboxylic acids is 4. The Kier molecular flexibility index (Phi) is 7.55. The van der Waals surface area contributed by atoms with Crippen LogP contribution in [0.15, 0.2) is 29.0 Å². The molecule has 0 spiro atoms. The molecule has 1 aromatic carbocycles. The number of likely N-dealkylation sites (N-methyl/N-ethyl adjacent to an activating group) is 1. The second-order valence-corrected chi connectivity index (χ2v) is 13.0. The molecule has 0 aliphatic heterocycles. The fourth-order valence-corrected chi connectivity index (χ4v) is 8.19. The molecule has 0 radical (unpaired) electrons. The number of rotatable bonds is 7. The van der Waals surface area contributed by atoms with Gasteiger partial charge in [0.15, 0.2) is 11.4 Å². The van der Waals surface area contributed by atoms with E-state index >= 15 is 0 Å². The third-order valence-corrected chi connectivity index (χ3v) is 10.3. The lowest BCUT2D eigenvalue weighted by molar-refractivity contribution is -0.153. The number of aromatic hydroxyl groups is 1. The van der Waals surface area contributed by atoms with Crippen molar-refractivity contribution in [3.8, 4) is 5.75 Å². The summed E-state index contributed by atoms with van der Waals surface area (Å²) in [5, 5.41) is 47.8. The van der Waals surface area contributed by atoms with Crippen LogP contribution in [0.3, 0.4) is 0 Å². The zero-order valence-corrected chi connectivity index (χ0v) is 24.6. The van der Waals surface area contributed by atoms with Crippen molar-refractivity contribution in [1.29, 1.82) is 0 Å². The summed E-state index contributed by atoms with van der Waals surface area (Å²) >= 11 is 0. The Morgan fingerprint density at radius 2 is 1.80 bits per heavy atom. The maximum atomic E-state index is 13.9. The Balaban J connectivity index is 1.26. The number of Topliss-reactive ketones (excluding diaryl/α,β-unsaturated/α-hetero) is 2. The minimum atomic E-state index is -2.71. The van der Waals surface area contributed by atoms with E-state index in [1.165, 1.54) is 23.8 Å². The summed E-state index contributed by atoms with van der Waals surface area (Å²) in [7, 11) is 3.09. The summed E-state index contributed by atoms with van der Waals surface area (Å²) in [4.78, 5) is 59.2. The van der Waals surface area contributed by atoms with Crippen LogP contribution < -0.4 is 16.5 Å². The highest BCUT2D eigenvalue weighted by molar-refractivity contribution is 6.24. The monoisotopic (exact) mass is 610 g/mol. The van der Waals surface area contributed by atoms with Crippen molar-refractivity contribution in [3.05, 3.63) is 40.2 Å². The molecule has 6 aliphatic carbocycles.